The lowest BCUT2D eigenvalue weighted by Gasteiger charge is -2.55. The average molecular weight is 555 g/mol. The summed E-state index contributed by atoms with van der Waals surface area (Å²) >= 11 is 14.8. The standard InChI is InChI=1S/C29H26Cl2FN3OS/c30-19-3-1-4-20(31)24(19)26-23(27(36-34-26)15-7-8-15)16-11-29(12-16)13-17-9-10-18(14-29)35(17)28-33-25-21(32)5-2-6-22(25)37-28/h1-6,15-18H,7-14H2. The maximum Gasteiger partial charge on any atom is 0.187 e. The molecule has 2 bridgehead atoms. The minimum absolute atomic E-state index is 0.225. The van der Waals surface area contributed by atoms with Crippen LogP contribution in [-0.4, -0.2) is 22.2 Å². The van der Waals surface area contributed by atoms with Crippen molar-refractivity contribution in [2.24, 2.45) is 5.41 Å². The third-order valence-corrected chi connectivity index (χ3v) is 10.9. The molecule has 4 fully saturated rings. The first-order valence-corrected chi connectivity index (χ1v) is 14.8. The van der Waals surface area contributed by atoms with Gasteiger partial charge in [-0.2, -0.15) is 0 Å². The lowest BCUT2D eigenvalue weighted by Crippen LogP contribution is -2.52. The fourth-order valence-electron chi connectivity index (χ4n) is 7.54. The Morgan fingerprint density at radius 1 is 0.919 bits per heavy atom. The van der Waals surface area contributed by atoms with Crippen LogP contribution in [0.4, 0.5) is 9.52 Å². The summed E-state index contributed by atoms with van der Waals surface area (Å²) in [6, 6.07) is 11.8. The summed E-state index contributed by atoms with van der Waals surface area (Å²) in [6.07, 6.45) is 9.36. The lowest BCUT2D eigenvalue weighted by atomic mass is 9.54. The first-order chi connectivity index (χ1) is 18.0. The molecule has 2 aliphatic carbocycles. The van der Waals surface area contributed by atoms with Crippen LogP contribution >= 0.6 is 34.5 Å². The van der Waals surface area contributed by atoms with E-state index >= 15 is 0 Å². The average Bonchev–Trinajstić information content (AvgIpc) is 3.36. The van der Waals surface area contributed by atoms with Gasteiger partial charge in [0.1, 0.15) is 22.8 Å². The number of hydrogen-bond donors (Lipinski definition) is 0. The highest BCUT2D eigenvalue weighted by Gasteiger charge is 2.56. The van der Waals surface area contributed by atoms with Gasteiger partial charge in [-0.1, -0.05) is 51.8 Å². The van der Waals surface area contributed by atoms with E-state index in [1.807, 2.05) is 24.3 Å². The van der Waals surface area contributed by atoms with E-state index in [0.717, 1.165) is 52.5 Å². The molecule has 0 N–H and O–H groups in total. The minimum atomic E-state index is -0.225. The Labute approximate surface area is 228 Å². The number of benzene rings is 2. The molecule has 0 radical (unpaired) electrons. The van der Waals surface area contributed by atoms with E-state index in [2.05, 4.69) is 10.1 Å². The number of nitrogens with zero attached hydrogens (tertiary/aromatic N) is 3. The van der Waals surface area contributed by atoms with E-state index in [9.17, 15) is 4.39 Å². The summed E-state index contributed by atoms with van der Waals surface area (Å²) in [6.45, 7) is 0. The number of fused-ring (bicyclic) bond motifs is 3. The van der Waals surface area contributed by atoms with Crippen molar-refractivity contribution in [2.45, 2.75) is 75.3 Å². The van der Waals surface area contributed by atoms with Crippen LogP contribution in [0.25, 0.3) is 21.5 Å². The topological polar surface area (TPSA) is 42.2 Å². The number of hydrogen-bond acceptors (Lipinski definition) is 5. The van der Waals surface area contributed by atoms with Crippen LogP contribution in [0.2, 0.25) is 10.0 Å². The van der Waals surface area contributed by atoms with E-state index in [1.54, 1.807) is 17.4 Å². The predicted molar refractivity (Wildman–Crippen MR) is 146 cm³/mol. The van der Waals surface area contributed by atoms with Gasteiger partial charge in [-0.05, 0) is 87.0 Å². The van der Waals surface area contributed by atoms with Crippen LogP contribution < -0.4 is 4.90 Å². The van der Waals surface area contributed by atoms with Gasteiger partial charge in [0, 0.05) is 29.1 Å². The molecule has 2 saturated carbocycles. The van der Waals surface area contributed by atoms with E-state index in [-0.39, 0.29) is 5.82 Å². The maximum atomic E-state index is 14.3. The SMILES string of the molecule is Fc1cccc2sc(N3C4CCC3CC3(CC(c5c(-c6c(Cl)cccc6Cl)noc5C5CC5)C3)C4)nc12. The van der Waals surface area contributed by atoms with Crippen LogP contribution in [0.3, 0.4) is 0 Å². The van der Waals surface area contributed by atoms with E-state index < -0.39 is 0 Å². The van der Waals surface area contributed by atoms with E-state index in [0.29, 0.717) is 44.9 Å². The van der Waals surface area contributed by atoms with Gasteiger partial charge in [-0.15, -0.1) is 0 Å². The third kappa shape index (κ3) is 3.51. The Kier molecular flexibility index (Phi) is 5.04. The van der Waals surface area contributed by atoms with E-state index in [1.165, 1.54) is 37.3 Å². The van der Waals surface area contributed by atoms with Crippen LogP contribution in [0.1, 0.15) is 74.5 Å². The third-order valence-electron chi connectivity index (χ3n) is 9.21. The molecule has 2 aromatic heterocycles. The van der Waals surface area contributed by atoms with Gasteiger partial charge < -0.3 is 9.42 Å². The summed E-state index contributed by atoms with van der Waals surface area (Å²) < 4.78 is 21.2. The monoisotopic (exact) mass is 553 g/mol. The van der Waals surface area contributed by atoms with Crippen LogP contribution in [0.5, 0.6) is 0 Å². The number of halogens is 3. The number of anilines is 1. The highest BCUT2D eigenvalue weighted by molar-refractivity contribution is 7.22. The molecule has 2 unspecified atom stereocenters. The highest BCUT2D eigenvalue weighted by atomic mass is 35.5. The molecule has 1 spiro atoms. The van der Waals surface area contributed by atoms with Gasteiger partial charge in [-0.3, -0.25) is 0 Å². The van der Waals surface area contributed by atoms with Crippen LogP contribution in [0.15, 0.2) is 40.9 Å². The molecule has 2 atom stereocenters. The maximum absolute atomic E-state index is 14.3. The molecule has 2 aliphatic heterocycles. The second-order valence-electron chi connectivity index (χ2n) is 11.6. The van der Waals surface area contributed by atoms with Crippen molar-refractivity contribution in [1.82, 2.24) is 10.1 Å². The first kappa shape index (κ1) is 22.8. The van der Waals surface area contributed by atoms with Gasteiger partial charge in [0.25, 0.3) is 0 Å². The summed E-state index contributed by atoms with van der Waals surface area (Å²) in [4.78, 5) is 7.27. The summed E-state index contributed by atoms with van der Waals surface area (Å²) in [5, 5.41) is 6.77. The summed E-state index contributed by atoms with van der Waals surface area (Å²) in [5.41, 5.74) is 3.75. The first-order valence-electron chi connectivity index (χ1n) is 13.3. The molecule has 4 heterocycles. The van der Waals surface area contributed by atoms with Crippen LogP contribution in [0, 0.1) is 11.2 Å². The smallest absolute Gasteiger partial charge is 0.187 e. The minimum Gasteiger partial charge on any atom is -0.360 e. The Hall–Kier alpha value is -2.15. The second kappa shape index (κ2) is 8.17. The lowest BCUT2D eigenvalue weighted by molar-refractivity contribution is 0.0483. The molecule has 0 amide bonds. The molecule has 8 heteroatoms. The Morgan fingerprint density at radius 3 is 2.30 bits per heavy atom. The molecule has 2 aromatic carbocycles. The molecular formula is C29H26Cl2FN3OS. The van der Waals surface area contributed by atoms with Gasteiger partial charge in [-0.25, -0.2) is 9.37 Å². The van der Waals surface area contributed by atoms with Crippen molar-refractivity contribution < 1.29 is 8.91 Å². The fraction of sp³-hybridized carbons (Fsp3) is 0.448. The van der Waals surface area contributed by atoms with Crippen molar-refractivity contribution in [2.75, 3.05) is 4.90 Å². The number of aromatic nitrogens is 2. The molecule has 37 heavy (non-hydrogen) atoms. The van der Waals surface area contributed by atoms with Crippen molar-refractivity contribution in [3.05, 3.63) is 63.6 Å². The molecule has 4 aromatic rings. The number of para-hydroxylation sites is 1. The van der Waals surface area contributed by atoms with Gasteiger partial charge in [0.15, 0.2) is 5.13 Å². The van der Waals surface area contributed by atoms with Gasteiger partial charge in [0.2, 0.25) is 0 Å². The molecule has 4 nitrogen and oxygen atoms in total. The molecule has 190 valence electrons. The summed E-state index contributed by atoms with van der Waals surface area (Å²) in [5.74, 6) is 1.73. The van der Waals surface area contributed by atoms with Gasteiger partial charge in [0.05, 0.1) is 14.7 Å². The van der Waals surface area contributed by atoms with Crippen LogP contribution in [-0.2, 0) is 0 Å². The van der Waals surface area contributed by atoms with Gasteiger partial charge >= 0.3 is 0 Å². The zero-order valence-corrected chi connectivity index (χ0v) is 22.6. The molecule has 8 rings (SSSR count). The van der Waals surface area contributed by atoms with E-state index in [4.69, 9.17) is 32.7 Å². The molecular weight excluding hydrogens is 528 g/mol. The molecule has 2 saturated heterocycles. The number of thiazole rings is 1. The Morgan fingerprint density at radius 2 is 1.62 bits per heavy atom. The largest absolute Gasteiger partial charge is 0.360 e. The normalized spacial score (nSPS) is 28.8. The fourth-order valence-corrected chi connectivity index (χ4v) is 9.24. The highest BCUT2D eigenvalue weighted by Crippen LogP contribution is 2.64. The Bertz CT molecular complexity index is 1500. The van der Waals surface area contributed by atoms with Crippen molar-refractivity contribution >= 4 is 49.9 Å². The quantitative estimate of drug-likeness (QED) is 0.253. The van der Waals surface area contributed by atoms with Crippen molar-refractivity contribution in [1.29, 1.82) is 0 Å². The zero-order chi connectivity index (χ0) is 24.9. The Balaban J connectivity index is 1.08. The zero-order valence-electron chi connectivity index (χ0n) is 20.2. The predicted octanol–water partition coefficient (Wildman–Crippen LogP) is 8.97. The number of rotatable bonds is 4. The molecule has 4 aliphatic rings. The van der Waals surface area contributed by atoms with Crippen molar-refractivity contribution in [3.63, 3.8) is 0 Å². The summed E-state index contributed by atoms with van der Waals surface area (Å²) in [7, 11) is 0. The number of piperidine rings is 1. The van der Waals surface area contributed by atoms with Crippen molar-refractivity contribution in [3.8, 4) is 11.3 Å². The second-order valence-corrected chi connectivity index (χ2v) is 13.4.